The number of hydrogen-bond donors (Lipinski definition) is 0. The van der Waals surface area contributed by atoms with Crippen molar-refractivity contribution in [1.29, 1.82) is 0 Å². The molecule has 1 aromatic carbocycles. The number of carbonyl (C=O) groups is 1. The Labute approximate surface area is 103 Å². The zero-order chi connectivity index (χ0) is 11.5. The van der Waals surface area contributed by atoms with E-state index in [9.17, 15) is 4.79 Å². The van der Waals surface area contributed by atoms with Gasteiger partial charge in [-0.15, -0.1) is 4.43 Å². The van der Waals surface area contributed by atoms with Gasteiger partial charge in [0.1, 0.15) is 5.75 Å². The summed E-state index contributed by atoms with van der Waals surface area (Å²) in [4.78, 5) is 11.5. The van der Waals surface area contributed by atoms with Gasteiger partial charge in [-0.1, -0.05) is 12.1 Å². The Morgan fingerprint density at radius 1 is 1.62 bits per heavy atom. The van der Waals surface area contributed by atoms with Gasteiger partial charge in [-0.05, 0) is 31.4 Å². The Balaban J connectivity index is 2.13. The van der Waals surface area contributed by atoms with E-state index in [4.69, 9.17) is 9.47 Å². The maximum Gasteiger partial charge on any atom is 0.347 e. The van der Waals surface area contributed by atoms with E-state index in [0.717, 1.165) is 22.2 Å². The molecule has 1 aromatic rings. The smallest absolute Gasteiger partial charge is 0.347 e. The van der Waals surface area contributed by atoms with Crippen LogP contribution in [0.1, 0.15) is 18.9 Å². The van der Waals surface area contributed by atoms with Crippen molar-refractivity contribution in [2.75, 3.05) is 6.61 Å². The van der Waals surface area contributed by atoms with E-state index >= 15 is 0 Å². The first-order chi connectivity index (χ1) is 7.70. The molecule has 3 nitrogen and oxygen atoms in total. The van der Waals surface area contributed by atoms with Gasteiger partial charge in [0, 0.05) is 0 Å². The third kappa shape index (κ3) is 2.40. The van der Waals surface area contributed by atoms with Crippen molar-refractivity contribution in [2.45, 2.75) is 25.9 Å². The predicted molar refractivity (Wildman–Crippen MR) is 61.2 cm³/mol. The lowest BCUT2D eigenvalue weighted by atomic mass is 10.0. The molecule has 4 heteroatoms. The van der Waals surface area contributed by atoms with Gasteiger partial charge in [0.15, 0.2) is 22.4 Å². The van der Waals surface area contributed by atoms with Gasteiger partial charge in [-0.3, -0.25) is 0 Å². The maximum atomic E-state index is 11.5. The Morgan fingerprint density at radius 2 is 2.44 bits per heavy atom. The van der Waals surface area contributed by atoms with Crippen molar-refractivity contribution >= 4 is 26.7 Å². The van der Waals surface area contributed by atoms with Crippen molar-refractivity contribution in [2.24, 2.45) is 0 Å². The highest BCUT2D eigenvalue weighted by Crippen LogP contribution is 2.26. The number of rotatable bonds is 2. The summed E-state index contributed by atoms with van der Waals surface area (Å²) in [5, 5.41) is 0. The molecule has 0 aromatic heterocycles. The molecule has 0 unspecified atom stereocenters. The summed E-state index contributed by atoms with van der Waals surface area (Å²) >= 11 is 2.62. The average Bonchev–Trinajstić information content (AvgIpc) is 2.28. The minimum Gasteiger partial charge on any atom is -0.478 e. The minimum atomic E-state index is -0.445. The highest BCUT2D eigenvalue weighted by atomic mass is 27.0. The molecule has 82 valence electrons. The molecular formula is C12H13AlO3. The van der Waals surface area contributed by atoms with Crippen molar-refractivity contribution in [1.82, 2.24) is 0 Å². The fourth-order valence-electron chi connectivity index (χ4n) is 1.79. The summed E-state index contributed by atoms with van der Waals surface area (Å²) in [6, 6.07) is 6.00. The van der Waals surface area contributed by atoms with Gasteiger partial charge in [-0.2, -0.15) is 0 Å². The number of esters is 1. The van der Waals surface area contributed by atoms with E-state index in [1.807, 2.05) is 18.2 Å². The molecule has 1 heterocycles. The van der Waals surface area contributed by atoms with Gasteiger partial charge in [0.05, 0.1) is 6.61 Å². The van der Waals surface area contributed by atoms with Crippen LogP contribution in [0.25, 0.3) is 0 Å². The molecule has 1 aliphatic rings. The van der Waals surface area contributed by atoms with Crippen LogP contribution in [0.2, 0.25) is 0 Å². The zero-order valence-electron chi connectivity index (χ0n) is 9.23. The van der Waals surface area contributed by atoms with E-state index in [0.29, 0.717) is 13.0 Å². The lowest BCUT2D eigenvalue weighted by Gasteiger charge is -2.24. The van der Waals surface area contributed by atoms with Crippen LogP contribution in [0.5, 0.6) is 5.75 Å². The number of fused-ring (bicyclic) bond motifs is 1. The molecule has 16 heavy (non-hydrogen) atoms. The third-order valence-corrected chi connectivity index (χ3v) is 2.94. The van der Waals surface area contributed by atoms with E-state index in [1.165, 1.54) is 0 Å². The van der Waals surface area contributed by atoms with Gasteiger partial charge in [0.2, 0.25) is 0 Å². The first-order valence-corrected chi connectivity index (χ1v) is 6.00. The monoisotopic (exact) mass is 232 g/mol. The second-order valence-electron chi connectivity index (χ2n) is 3.76. The fraction of sp³-hybridized carbons (Fsp3) is 0.417. The normalized spacial score (nSPS) is 18.4. The standard InChI is InChI=1S/C12H13O3.Al/c1-2-14-12(13)11-8-7-9-5-3-4-6-10(9)15-11;/h3,5-6,11H,2,7-8H2,1H3;/t11-;/m0./s1. The summed E-state index contributed by atoms with van der Waals surface area (Å²) in [5.41, 5.74) is 1.16. The highest BCUT2D eigenvalue weighted by molar-refractivity contribution is 6.32. The number of benzene rings is 1. The van der Waals surface area contributed by atoms with Gasteiger partial charge in [-0.25, -0.2) is 4.79 Å². The van der Waals surface area contributed by atoms with Gasteiger partial charge < -0.3 is 9.47 Å². The summed E-state index contributed by atoms with van der Waals surface area (Å²) in [6.07, 6.45) is 1.12. The lowest BCUT2D eigenvalue weighted by Crippen LogP contribution is -2.33. The Bertz CT molecular complexity index is 403. The van der Waals surface area contributed by atoms with E-state index in [-0.39, 0.29) is 5.97 Å². The number of hydrogen-bond acceptors (Lipinski definition) is 3. The van der Waals surface area contributed by atoms with Crippen molar-refractivity contribution in [3.05, 3.63) is 23.8 Å². The molecule has 0 bridgehead atoms. The average molecular weight is 232 g/mol. The van der Waals surface area contributed by atoms with E-state index < -0.39 is 6.10 Å². The molecule has 0 saturated heterocycles. The fourth-order valence-corrected chi connectivity index (χ4v) is 2.03. The van der Waals surface area contributed by atoms with E-state index in [1.54, 1.807) is 6.92 Å². The topological polar surface area (TPSA) is 35.5 Å². The second-order valence-corrected chi connectivity index (χ2v) is 4.43. The van der Waals surface area contributed by atoms with Crippen LogP contribution in [0.4, 0.5) is 0 Å². The SMILES string of the molecule is CCOC(=O)[C@@H]1CCc2cc[c]([Al])cc2O1. The van der Waals surface area contributed by atoms with Crippen LogP contribution in [-0.4, -0.2) is 35.0 Å². The number of carbonyl (C=O) groups excluding carboxylic acids is 1. The molecule has 1 atom stereocenters. The predicted octanol–water partition coefficient (Wildman–Crippen LogP) is 0.737. The van der Waals surface area contributed by atoms with Crippen molar-refractivity contribution in [3.8, 4) is 5.75 Å². The highest BCUT2D eigenvalue weighted by Gasteiger charge is 2.26. The Morgan fingerprint density at radius 3 is 3.19 bits per heavy atom. The van der Waals surface area contributed by atoms with Crippen LogP contribution < -0.4 is 9.16 Å². The van der Waals surface area contributed by atoms with Gasteiger partial charge >= 0.3 is 5.97 Å². The summed E-state index contributed by atoms with van der Waals surface area (Å²) < 4.78 is 11.7. The van der Waals surface area contributed by atoms with Crippen LogP contribution in [0.15, 0.2) is 18.2 Å². The molecule has 1 aliphatic heterocycles. The Kier molecular flexibility index (Phi) is 3.53. The molecule has 0 aliphatic carbocycles. The minimum absolute atomic E-state index is 0.262. The Hall–Kier alpha value is -0.978. The van der Waals surface area contributed by atoms with Crippen molar-refractivity contribution < 1.29 is 14.3 Å². The quantitative estimate of drug-likeness (QED) is 0.557. The second kappa shape index (κ2) is 4.90. The van der Waals surface area contributed by atoms with E-state index in [2.05, 4.69) is 16.3 Å². The molecular weight excluding hydrogens is 219 g/mol. The van der Waals surface area contributed by atoms with Crippen LogP contribution >= 0.6 is 0 Å². The molecule has 0 saturated carbocycles. The molecule has 0 spiro atoms. The van der Waals surface area contributed by atoms with Crippen molar-refractivity contribution in [3.63, 3.8) is 0 Å². The van der Waals surface area contributed by atoms with Gasteiger partial charge in [0.25, 0.3) is 0 Å². The number of aryl methyl sites for hydroxylation is 1. The third-order valence-electron chi connectivity index (χ3n) is 2.59. The molecule has 2 radical (unpaired) electrons. The first kappa shape index (κ1) is 11.5. The molecule has 0 amide bonds. The molecule has 0 N–H and O–H groups in total. The summed E-state index contributed by atoms with van der Waals surface area (Å²) in [7, 11) is 0. The maximum absolute atomic E-state index is 11.5. The number of ether oxygens (including phenoxy) is 2. The first-order valence-electron chi connectivity index (χ1n) is 5.42. The van der Waals surface area contributed by atoms with Crippen LogP contribution in [0, 0.1) is 0 Å². The van der Waals surface area contributed by atoms with Crippen LogP contribution in [0.3, 0.4) is 0 Å². The lowest BCUT2D eigenvalue weighted by molar-refractivity contribution is -0.152. The molecule has 0 fully saturated rings. The summed E-state index contributed by atoms with van der Waals surface area (Å²) in [6.45, 7) is 2.20. The zero-order valence-corrected chi connectivity index (χ0v) is 10.4. The van der Waals surface area contributed by atoms with Crippen LogP contribution in [-0.2, 0) is 16.0 Å². The molecule has 2 rings (SSSR count). The summed E-state index contributed by atoms with van der Waals surface area (Å²) in [5.74, 6) is 0.541. The largest absolute Gasteiger partial charge is 0.478 e.